The maximum absolute atomic E-state index is 11.1. The Labute approximate surface area is 98.5 Å². The number of hydrogen-bond acceptors (Lipinski definition) is 3. The van der Waals surface area contributed by atoms with Crippen molar-refractivity contribution in [3.05, 3.63) is 48.0 Å². The van der Waals surface area contributed by atoms with Crippen molar-refractivity contribution in [1.29, 1.82) is 0 Å². The van der Waals surface area contributed by atoms with Crippen molar-refractivity contribution in [2.75, 3.05) is 11.5 Å². The first-order valence-electron chi connectivity index (χ1n) is 5.07. The highest BCUT2D eigenvalue weighted by atomic mass is 16.4. The molecule has 0 bridgehead atoms. The summed E-state index contributed by atoms with van der Waals surface area (Å²) >= 11 is 0. The number of anilines is 2. The molecular weight excluding hydrogens is 216 g/mol. The lowest BCUT2D eigenvalue weighted by Crippen LogP contribution is -2.02. The highest BCUT2D eigenvalue weighted by Crippen LogP contribution is 2.30. The second-order valence-corrected chi connectivity index (χ2v) is 3.70. The van der Waals surface area contributed by atoms with Crippen LogP contribution in [0.4, 0.5) is 11.4 Å². The van der Waals surface area contributed by atoms with Gasteiger partial charge >= 0.3 is 5.97 Å². The Morgan fingerprint density at radius 2 is 1.65 bits per heavy atom. The van der Waals surface area contributed by atoms with Crippen molar-refractivity contribution in [2.24, 2.45) is 0 Å². The zero-order valence-corrected chi connectivity index (χ0v) is 9.05. The van der Waals surface area contributed by atoms with Crippen LogP contribution < -0.4 is 11.5 Å². The van der Waals surface area contributed by atoms with E-state index in [2.05, 4.69) is 0 Å². The van der Waals surface area contributed by atoms with E-state index in [9.17, 15) is 4.79 Å². The summed E-state index contributed by atoms with van der Waals surface area (Å²) in [6.07, 6.45) is 0. The molecule has 0 aliphatic carbocycles. The number of benzene rings is 2. The number of carboxylic acid groups (broad SMARTS) is 1. The van der Waals surface area contributed by atoms with Gasteiger partial charge in [0.05, 0.1) is 5.56 Å². The van der Waals surface area contributed by atoms with Crippen LogP contribution in [0.1, 0.15) is 10.4 Å². The summed E-state index contributed by atoms with van der Waals surface area (Å²) in [5.41, 5.74) is 14.0. The van der Waals surface area contributed by atoms with Gasteiger partial charge in [0.15, 0.2) is 0 Å². The van der Waals surface area contributed by atoms with Gasteiger partial charge in [-0.3, -0.25) is 0 Å². The maximum atomic E-state index is 11.1. The van der Waals surface area contributed by atoms with Crippen LogP contribution in [0.3, 0.4) is 0 Å². The van der Waals surface area contributed by atoms with E-state index in [0.717, 1.165) is 5.56 Å². The first-order chi connectivity index (χ1) is 8.09. The van der Waals surface area contributed by atoms with Gasteiger partial charge in [0.2, 0.25) is 0 Å². The fraction of sp³-hybridized carbons (Fsp3) is 0. The molecule has 0 aromatic heterocycles. The molecule has 0 amide bonds. The Hall–Kier alpha value is -2.49. The summed E-state index contributed by atoms with van der Waals surface area (Å²) in [4.78, 5) is 11.1. The summed E-state index contributed by atoms with van der Waals surface area (Å²) in [6, 6.07) is 11.8. The summed E-state index contributed by atoms with van der Waals surface area (Å²) in [5.74, 6) is -0.996. The molecule has 0 saturated heterocycles. The first-order valence-corrected chi connectivity index (χ1v) is 5.07. The molecule has 5 N–H and O–H groups in total. The van der Waals surface area contributed by atoms with Crippen LogP contribution >= 0.6 is 0 Å². The molecular formula is C13H12N2O2. The molecule has 2 rings (SSSR count). The van der Waals surface area contributed by atoms with E-state index < -0.39 is 5.97 Å². The Kier molecular flexibility index (Phi) is 2.70. The van der Waals surface area contributed by atoms with Crippen LogP contribution in [0.25, 0.3) is 11.1 Å². The van der Waals surface area contributed by atoms with Gasteiger partial charge in [0.1, 0.15) is 0 Å². The SMILES string of the molecule is Nc1ccc(-c2c(N)cccc2C(=O)O)cc1. The molecule has 0 unspecified atom stereocenters. The predicted molar refractivity (Wildman–Crippen MR) is 67.7 cm³/mol. The third kappa shape index (κ3) is 2.06. The largest absolute Gasteiger partial charge is 0.478 e. The molecule has 0 heterocycles. The molecule has 0 aliphatic rings. The maximum Gasteiger partial charge on any atom is 0.336 e. The van der Waals surface area contributed by atoms with Crippen LogP contribution in [0.5, 0.6) is 0 Å². The molecule has 2 aromatic rings. The van der Waals surface area contributed by atoms with Crippen molar-refractivity contribution in [1.82, 2.24) is 0 Å². The molecule has 0 saturated carbocycles. The van der Waals surface area contributed by atoms with E-state index >= 15 is 0 Å². The van der Waals surface area contributed by atoms with E-state index in [1.54, 1.807) is 36.4 Å². The zero-order valence-electron chi connectivity index (χ0n) is 9.05. The Balaban J connectivity index is 2.65. The quantitative estimate of drug-likeness (QED) is 0.687. The first kappa shape index (κ1) is 11.0. The van der Waals surface area contributed by atoms with Crippen molar-refractivity contribution < 1.29 is 9.90 Å². The van der Waals surface area contributed by atoms with Gasteiger partial charge in [-0.2, -0.15) is 0 Å². The Morgan fingerprint density at radius 3 is 2.24 bits per heavy atom. The molecule has 0 aliphatic heterocycles. The minimum Gasteiger partial charge on any atom is -0.478 e. The monoisotopic (exact) mass is 228 g/mol. The van der Waals surface area contributed by atoms with Crippen molar-refractivity contribution in [2.45, 2.75) is 0 Å². The topological polar surface area (TPSA) is 89.3 Å². The van der Waals surface area contributed by atoms with E-state index in [1.807, 2.05) is 0 Å². The second kappa shape index (κ2) is 4.17. The van der Waals surface area contributed by atoms with Crippen LogP contribution in [-0.2, 0) is 0 Å². The van der Waals surface area contributed by atoms with Gasteiger partial charge < -0.3 is 16.6 Å². The number of aromatic carboxylic acids is 1. The Morgan fingerprint density at radius 1 is 1.00 bits per heavy atom. The van der Waals surface area contributed by atoms with Gasteiger partial charge in [-0.25, -0.2) is 4.79 Å². The fourth-order valence-corrected chi connectivity index (χ4v) is 1.72. The molecule has 0 atom stereocenters. The summed E-state index contributed by atoms with van der Waals surface area (Å²) in [5, 5.41) is 9.13. The van der Waals surface area contributed by atoms with E-state index in [-0.39, 0.29) is 5.56 Å². The fourth-order valence-electron chi connectivity index (χ4n) is 1.72. The number of nitrogens with two attached hydrogens (primary N) is 2. The zero-order chi connectivity index (χ0) is 12.4. The minimum atomic E-state index is -0.996. The average Bonchev–Trinajstić information content (AvgIpc) is 2.30. The summed E-state index contributed by atoms with van der Waals surface area (Å²) in [7, 11) is 0. The van der Waals surface area contributed by atoms with Crippen LogP contribution in [-0.4, -0.2) is 11.1 Å². The number of carboxylic acids is 1. The van der Waals surface area contributed by atoms with Crippen molar-refractivity contribution in [3.63, 3.8) is 0 Å². The van der Waals surface area contributed by atoms with Crippen molar-refractivity contribution >= 4 is 17.3 Å². The molecule has 17 heavy (non-hydrogen) atoms. The smallest absolute Gasteiger partial charge is 0.336 e. The lowest BCUT2D eigenvalue weighted by molar-refractivity contribution is 0.0698. The van der Waals surface area contributed by atoms with E-state index in [0.29, 0.717) is 16.9 Å². The Bertz CT molecular complexity index is 562. The number of carbonyl (C=O) groups is 1. The van der Waals surface area contributed by atoms with Gasteiger partial charge in [-0.15, -0.1) is 0 Å². The third-order valence-electron chi connectivity index (χ3n) is 2.53. The standard InChI is InChI=1S/C13H12N2O2/c14-9-6-4-8(5-7-9)12-10(13(16)17)2-1-3-11(12)15/h1-7H,14-15H2,(H,16,17). The van der Waals surface area contributed by atoms with Crippen molar-refractivity contribution in [3.8, 4) is 11.1 Å². The highest BCUT2D eigenvalue weighted by Gasteiger charge is 2.13. The average molecular weight is 228 g/mol. The second-order valence-electron chi connectivity index (χ2n) is 3.70. The third-order valence-corrected chi connectivity index (χ3v) is 2.53. The van der Waals surface area contributed by atoms with E-state index in [1.165, 1.54) is 6.07 Å². The van der Waals surface area contributed by atoms with Gasteiger partial charge in [-0.05, 0) is 29.8 Å². The lowest BCUT2D eigenvalue weighted by atomic mass is 9.97. The molecule has 4 heteroatoms. The number of nitrogen functional groups attached to an aromatic ring is 2. The molecule has 0 fully saturated rings. The lowest BCUT2D eigenvalue weighted by Gasteiger charge is -2.09. The normalized spacial score (nSPS) is 10.1. The summed E-state index contributed by atoms with van der Waals surface area (Å²) in [6.45, 7) is 0. The van der Waals surface area contributed by atoms with Crippen LogP contribution in [0.15, 0.2) is 42.5 Å². The van der Waals surface area contributed by atoms with Gasteiger partial charge in [0.25, 0.3) is 0 Å². The number of rotatable bonds is 2. The van der Waals surface area contributed by atoms with Gasteiger partial charge in [0, 0.05) is 16.9 Å². The molecule has 4 nitrogen and oxygen atoms in total. The number of hydrogen-bond donors (Lipinski definition) is 3. The van der Waals surface area contributed by atoms with Crippen LogP contribution in [0, 0.1) is 0 Å². The predicted octanol–water partition coefficient (Wildman–Crippen LogP) is 2.22. The molecule has 86 valence electrons. The van der Waals surface area contributed by atoms with E-state index in [4.69, 9.17) is 16.6 Å². The molecule has 2 aromatic carbocycles. The molecule has 0 radical (unpaired) electrons. The highest BCUT2D eigenvalue weighted by molar-refractivity contribution is 5.99. The van der Waals surface area contributed by atoms with Crippen LogP contribution in [0.2, 0.25) is 0 Å². The minimum absolute atomic E-state index is 0.190. The van der Waals surface area contributed by atoms with Gasteiger partial charge in [-0.1, -0.05) is 18.2 Å². The summed E-state index contributed by atoms with van der Waals surface area (Å²) < 4.78 is 0. The molecule has 0 spiro atoms.